The molecule has 0 spiro atoms. The van der Waals surface area contributed by atoms with Crippen molar-refractivity contribution in [1.82, 2.24) is 10.2 Å². The van der Waals surface area contributed by atoms with Gasteiger partial charge in [-0.05, 0) is 57.5 Å². The van der Waals surface area contributed by atoms with Crippen LogP contribution in [-0.4, -0.2) is 87.5 Å². The number of phenols is 1. The van der Waals surface area contributed by atoms with Crippen LogP contribution in [0.5, 0.6) is 5.75 Å². The van der Waals surface area contributed by atoms with E-state index in [1.165, 1.54) is 25.1 Å². The minimum atomic E-state index is -2.73. The maximum atomic E-state index is 13.9. The largest absolute Gasteiger partial charge is 0.508 e. The summed E-state index contributed by atoms with van der Waals surface area (Å²) in [5.41, 5.74) is 1.49. The lowest BCUT2D eigenvalue weighted by molar-refractivity contribution is -0.153. The number of nitrogens with zero attached hydrogens (tertiary/aromatic N) is 1. The Morgan fingerprint density at radius 3 is 2.40 bits per heavy atom. The van der Waals surface area contributed by atoms with Crippen LogP contribution in [0.3, 0.4) is 0 Å². The van der Waals surface area contributed by atoms with Gasteiger partial charge in [0, 0.05) is 11.5 Å². The molecule has 0 saturated heterocycles. The molecule has 4 rings (SSSR count). The zero-order valence-corrected chi connectivity index (χ0v) is 25.6. The van der Waals surface area contributed by atoms with E-state index in [1.54, 1.807) is 0 Å². The molecule has 0 aliphatic heterocycles. The zero-order chi connectivity index (χ0) is 29.7. The lowest BCUT2D eigenvalue weighted by atomic mass is 9.57. The predicted octanol–water partition coefficient (Wildman–Crippen LogP) is 1.79. The second kappa shape index (κ2) is 13.2. The van der Waals surface area contributed by atoms with E-state index in [0.717, 1.165) is 12.8 Å². The maximum Gasteiger partial charge on any atom is 0.255 e. The van der Waals surface area contributed by atoms with Gasteiger partial charge in [-0.2, -0.15) is 0 Å². The lowest BCUT2D eigenvalue weighted by Gasteiger charge is -2.50. The molecule has 0 radical (unpaired) electrons. The lowest BCUT2D eigenvalue weighted by Crippen LogP contribution is -2.65. The third-order valence-electron chi connectivity index (χ3n) is 7.92. The summed E-state index contributed by atoms with van der Waals surface area (Å²) in [6, 6.07) is 0.297. The summed E-state index contributed by atoms with van der Waals surface area (Å²) in [6.45, 7) is 2.58. The molecule has 3 aliphatic rings. The summed E-state index contributed by atoms with van der Waals surface area (Å²) in [6.07, 6.45) is 1.87. The minimum absolute atomic E-state index is 0. The molecule has 0 aromatic heterocycles. The van der Waals surface area contributed by atoms with Crippen LogP contribution >= 0.6 is 36.4 Å². The number of carbonyl (C=O) groups is 4. The summed E-state index contributed by atoms with van der Waals surface area (Å²) < 4.78 is 0. The monoisotopic (exact) mass is 648 g/mol. The van der Waals surface area contributed by atoms with Gasteiger partial charge in [0.25, 0.3) is 5.91 Å². The molecule has 1 aromatic carbocycles. The molecule has 42 heavy (non-hydrogen) atoms. The van der Waals surface area contributed by atoms with Crippen LogP contribution in [-0.2, 0) is 25.6 Å². The Hall–Kier alpha value is -2.87. The highest BCUT2D eigenvalue weighted by Gasteiger charge is 2.64. The maximum absolute atomic E-state index is 13.9. The van der Waals surface area contributed by atoms with Gasteiger partial charge < -0.3 is 36.8 Å². The molecular weight excluding hydrogens is 615 g/mol. The number of fused-ring (bicyclic) bond motifs is 3. The van der Waals surface area contributed by atoms with Gasteiger partial charge in [-0.1, -0.05) is 24.9 Å². The molecular formula is C27H35Cl3N4O8. The van der Waals surface area contributed by atoms with Gasteiger partial charge in [0.15, 0.2) is 17.1 Å². The van der Waals surface area contributed by atoms with Gasteiger partial charge in [0.05, 0.1) is 23.2 Å². The number of aromatic hydroxyl groups is 1. The molecule has 8 N–H and O–H groups in total. The summed E-state index contributed by atoms with van der Waals surface area (Å²) in [7, 11) is 3.06. The number of nitrogens with one attached hydrogen (secondary N) is 2. The number of halogens is 3. The number of amides is 2. The third kappa shape index (κ3) is 5.59. The number of likely N-dealkylation sites (N-methyl/N-ethyl adjacent to an activating group) is 1. The molecule has 0 bridgehead atoms. The van der Waals surface area contributed by atoms with Gasteiger partial charge in [-0.3, -0.25) is 24.1 Å². The molecule has 1 fully saturated rings. The molecule has 2 amide bonds. The second-order valence-corrected chi connectivity index (χ2v) is 11.1. The normalized spacial score (nSPS) is 24.8. The smallest absolute Gasteiger partial charge is 0.255 e. The third-order valence-corrected chi connectivity index (χ3v) is 8.22. The summed E-state index contributed by atoms with van der Waals surface area (Å²) in [4.78, 5) is 52.9. The number of hydrogen-bond acceptors (Lipinski definition) is 10. The number of unbranched alkanes of at least 4 members (excludes halogenated alkanes) is 1. The van der Waals surface area contributed by atoms with Crippen molar-refractivity contribution < 1.29 is 39.6 Å². The first-order chi connectivity index (χ1) is 18.8. The van der Waals surface area contributed by atoms with Crippen LogP contribution < -0.4 is 16.4 Å². The molecule has 1 saturated carbocycles. The standard InChI is InChI=1S/C27H33ClN4O8.2ClH/c1-4-5-6-30-10-15(33)31-19-14(28)9-12-7-11-8-13-20(32(2)3)23(36)18(26(29)39)25(38)27(13,40)24(37)17(11)21(34)16(12)22(19)35;;/h9,11,13,20,30,34-35,38,40H,4-8,10H2,1-3H3,(H2,29,39)(H,31,33);2*1H/t11?,13?,20-,27-;;/m0../s1. The number of anilines is 1. The molecule has 0 heterocycles. The number of rotatable bonds is 8. The van der Waals surface area contributed by atoms with E-state index in [1.807, 2.05) is 6.92 Å². The number of aliphatic hydroxyl groups excluding tert-OH is 2. The fourth-order valence-electron chi connectivity index (χ4n) is 6.07. The first-order valence-electron chi connectivity index (χ1n) is 13.0. The van der Waals surface area contributed by atoms with Crippen molar-refractivity contribution in [3.63, 3.8) is 0 Å². The number of phenolic OH excluding ortho intramolecular Hbond substituents is 1. The van der Waals surface area contributed by atoms with Gasteiger partial charge >= 0.3 is 0 Å². The van der Waals surface area contributed by atoms with Crippen LogP contribution in [0.25, 0.3) is 5.76 Å². The highest BCUT2D eigenvalue weighted by molar-refractivity contribution is 6.34. The van der Waals surface area contributed by atoms with E-state index in [2.05, 4.69) is 10.6 Å². The number of benzene rings is 1. The number of hydrogen-bond donors (Lipinski definition) is 7. The van der Waals surface area contributed by atoms with E-state index in [4.69, 9.17) is 17.3 Å². The number of ketones is 2. The van der Waals surface area contributed by atoms with Gasteiger partial charge in [-0.25, -0.2) is 0 Å². The van der Waals surface area contributed by atoms with Crippen LogP contribution in [0.15, 0.2) is 23.0 Å². The Balaban J connectivity index is 0.00000308. The van der Waals surface area contributed by atoms with Gasteiger partial charge in [0.2, 0.25) is 11.7 Å². The average molecular weight is 650 g/mol. The van der Waals surface area contributed by atoms with Crippen molar-refractivity contribution in [2.45, 2.75) is 44.2 Å². The van der Waals surface area contributed by atoms with E-state index >= 15 is 0 Å². The Kier molecular flexibility index (Phi) is 11.1. The van der Waals surface area contributed by atoms with Crippen molar-refractivity contribution in [3.05, 3.63) is 39.1 Å². The molecule has 1 aromatic rings. The molecule has 3 aliphatic carbocycles. The topological polar surface area (TPSA) is 203 Å². The summed E-state index contributed by atoms with van der Waals surface area (Å²) in [5, 5.41) is 50.4. The van der Waals surface area contributed by atoms with Crippen molar-refractivity contribution in [2.75, 3.05) is 32.5 Å². The summed E-state index contributed by atoms with van der Waals surface area (Å²) in [5.74, 6) is -8.03. The molecule has 12 nitrogen and oxygen atoms in total. The second-order valence-electron chi connectivity index (χ2n) is 10.7. The Labute approximate surface area is 259 Å². The van der Waals surface area contributed by atoms with Crippen molar-refractivity contribution in [1.29, 1.82) is 0 Å². The first-order valence-corrected chi connectivity index (χ1v) is 13.3. The van der Waals surface area contributed by atoms with E-state index < -0.39 is 69.7 Å². The van der Waals surface area contributed by atoms with Gasteiger partial charge in [0.1, 0.15) is 22.8 Å². The first kappa shape index (κ1) is 35.3. The predicted molar refractivity (Wildman–Crippen MR) is 160 cm³/mol. The van der Waals surface area contributed by atoms with Crippen molar-refractivity contribution >= 4 is 71.2 Å². The number of primary amides is 1. The quantitative estimate of drug-likeness (QED) is 0.124. The fraction of sp³-hybridized carbons (Fsp3) is 0.481. The van der Waals surface area contributed by atoms with E-state index in [-0.39, 0.29) is 66.0 Å². The van der Waals surface area contributed by atoms with Crippen molar-refractivity contribution in [2.24, 2.45) is 17.6 Å². The number of Topliss-reactive ketones (excluding diaryl/α,β-unsaturated/α-hetero) is 2. The highest BCUT2D eigenvalue weighted by Crippen LogP contribution is 2.54. The van der Waals surface area contributed by atoms with Crippen LogP contribution in [0.2, 0.25) is 5.02 Å². The number of nitrogens with two attached hydrogens (primary N) is 1. The number of aliphatic hydroxyl groups is 3. The number of carbonyl (C=O) groups excluding carboxylic acids is 4. The van der Waals surface area contributed by atoms with Crippen LogP contribution in [0.4, 0.5) is 5.69 Å². The molecule has 2 unspecified atom stereocenters. The summed E-state index contributed by atoms with van der Waals surface area (Å²) >= 11 is 6.39. The Morgan fingerprint density at radius 1 is 1.19 bits per heavy atom. The minimum Gasteiger partial charge on any atom is -0.508 e. The van der Waals surface area contributed by atoms with Crippen molar-refractivity contribution in [3.8, 4) is 5.75 Å². The Bertz CT molecular complexity index is 1380. The van der Waals surface area contributed by atoms with E-state index in [0.29, 0.717) is 12.1 Å². The Morgan fingerprint density at radius 2 is 1.83 bits per heavy atom. The molecule has 232 valence electrons. The SMILES string of the molecule is CCCCNCC(=O)Nc1c(Cl)cc2c(c1O)C(O)=C1C(=O)[C@]3(O)C(O)=C(C(N)=O)C(=O)[C@@H](N(C)C)C3CC1C2.Cl.Cl. The van der Waals surface area contributed by atoms with E-state index in [9.17, 15) is 39.6 Å². The molecule has 15 heteroatoms. The zero-order valence-electron chi connectivity index (χ0n) is 23.2. The highest BCUT2D eigenvalue weighted by atomic mass is 35.5. The average Bonchev–Trinajstić information content (AvgIpc) is 2.86. The van der Waals surface area contributed by atoms with Gasteiger partial charge in [-0.15, -0.1) is 24.8 Å². The molecule has 4 atom stereocenters. The fourth-order valence-corrected chi connectivity index (χ4v) is 6.34. The van der Waals surface area contributed by atoms with Crippen LogP contribution in [0.1, 0.15) is 37.3 Å². The van der Waals surface area contributed by atoms with Crippen LogP contribution in [0, 0.1) is 11.8 Å².